The molecule has 1 aromatic carbocycles. The minimum Gasteiger partial charge on any atom is -0.349 e. The molecule has 2 fully saturated rings. The highest BCUT2D eigenvalue weighted by atomic mass is 19.4. The Labute approximate surface area is 212 Å². The van der Waals surface area contributed by atoms with Gasteiger partial charge in [-0.2, -0.15) is 13.2 Å². The van der Waals surface area contributed by atoms with Crippen LogP contribution in [0.25, 0.3) is 4.85 Å². The molecule has 1 saturated carbocycles. The lowest BCUT2D eigenvalue weighted by Crippen LogP contribution is -2.63. The molecule has 11 heteroatoms. The molecule has 2 N–H and O–H groups in total. The zero-order chi connectivity index (χ0) is 26.6. The maximum absolute atomic E-state index is 12.8. The van der Waals surface area contributed by atoms with Gasteiger partial charge in [0, 0.05) is 37.0 Å². The standard InChI is InChI=1S/C26H28F3N5O3/c1-30-16-34-13-19(7-10-24(34)36)17-5-8-22(9-6-17)33-14-21(15-33)32-23(35)12-31-25(37)18-3-2-4-20(11-18)26(27,28)29/h2-4,7,10-11,13,17,21-22H,5-6,8-9,12,14-16H2,(H,31,37)(H,32,35). The van der Waals surface area contributed by atoms with E-state index in [9.17, 15) is 27.6 Å². The number of alkyl halides is 3. The third kappa shape index (κ3) is 6.57. The number of rotatable bonds is 7. The fourth-order valence-corrected chi connectivity index (χ4v) is 5.03. The Hall–Kier alpha value is -3.65. The smallest absolute Gasteiger partial charge is 0.349 e. The van der Waals surface area contributed by atoms with Crippen molar-refractivity contribution < 1.29 is 22.8 Å². The van der Waals surface area contributed by atoms with Crippen LogP contribution in [-0.2, 0) is 17.6 Å². The Balaban J connectivity index is 1.17. The van der Waals surface area contributed by atoms with E-state index in [2.05, 4.69) is 20.4 Å². The van der Waals surface area contributed by atoms with E-state index in [1.165, 1.54) is 16.7 Å². The Morgan fingerprint density at radius 1 is 1.08 bits per heavy atom. The van der Waals surface area contributed by atoms with E-state index >= 15 is 0 Å². The van der Waals surface area contributed by atoms with E-state index in [1.807, 2.05) is 6.07 Å². The van der Waals surface area contributed by atoms with Crippen LogP contribution in [0, 0.1) is 6.57 Å². The number of nitrogens with zero attached hydrogens (tertiary/aromatic N) is 3. The fourth-order valence-electron chi connectivity index (χ4n) is 5.03. The summed E-state index contributed by atoms with van der Waals surface area (Å²) in [6.45, 7) is 8.12. The fraction of sp³-hybridized carbons (Fsp3) is 0.462. The monoisotopic (exact) mass is 515 g/mol. The van der Waals surface area contributed by atoms with Crippen LogP contribution in [0.2, 0.25) is 0 Å². The molecule has 2 heterocycles. The normalized spacial score (nSPS) is 20.5. The topological polar surface area (TPSA) is 87.8 Å². The van der Waals surface area contributed by atoms with Crippen LogP contribution in [0.4, 0.5) is 13.2 Å². The molecule has 37 heavy (non-hydrogen) atoms. The van der Waals surface area contributed by atoms with Gasteiger partial charge in [-0.15, -0.1) is 0 Å². The van der Waals surface area contributed by atoms with Gasteiger partial charge in [-0.05, 0) is 55.4 Å². The first-order chi connectivity index (χ1) is 17.6. The van der Waals surface area contributed by atoms with E-state index in [0.29, 0.717) is 25.0 Å². The predicted octanol–water partition coefficient (Wildman–Crippen LogP) is 3.00. The van der Waals surface area contributed by atoms with Gasteiger partial charge in [0.25, 0.3) is 18.1 Å². The Morgan fingerprint density at radius 3 is 2.49 bits per heavy atom. The molecule has 1 saturated heterocycles. The molecule has 1 aliphatic carbocycles. The van der Waals surface area contributed by atoms with Gasteiger partial charge in [0.1, 0.15) is 0 Å². The largest absolute Gasteiger partial charge is 0.416 e. The number of carbonyl (C=O) groups is 2. The quantitative estimate of drug-likeness (QED) is 0.555. The highest BCUT2D eigenvalue weighted by Crippen LogP contribution is 2.35. The van der Waals surface area contributed by atoms with E-state index in [1.54, 1.807) is 6.20 Å². The molecule has 0 radical (unpaired) electrons. The minimum absolute atomic E-state index is 0.0256. The second-order valence-corrected chi connectivity index (χ2v) is 9.56. The molecular weight excluding hydrogens is 487 g/mol. The Morgan fingerprint density at radius 2 is 1.81 bits per heavy atom. The molecule has 1 aliphatic heterocycles. The third-order valence-corrected chi connectivity index (χ3v) is 7.05. The highest BCUT2D eigenvalue weighted by Gasteiger charge is 2.35. The number of pyridine rings is 1. The third-order valence-electron chi connectivity index (χ3n) is 7.05. The summed E-state index contributed by atoms with van der Waals surface area (Å²) in [6.07, 6.45) is 1.22. The van der Waals surface area contributed by atoms with Crippen LogP contribution >= 0.6 is 0 Å². The van der Waals surface area contributed by atoms with Gasteiger partial charge in [0.15, 0.2) is 0 Å². The SMILES string of the molecule is [C-]#[N+]Cn1cc(C2CCC(N3CC(NC(=O)CNC(=O)c4cccc(C(F)(F)F)c4)C3)CC2)ccc1=O. The summed E-state index contributed by atoms with van der Waals surface area (Å²) < 4.78 is 39.9. The number of halogens is 3. The number of amides is 2. The maximum atomic E-state index is 12.8. The number of carbonyl (C=O) groups excluding carboxylic acids is 2. The summed E-state index contributed by atoms with van der Waals surface area (Å²) in [5, 5.41) is 5.23. The van der Waals surface area contributed by atoms with Crippen molar-refractivity contribution in [2.24, 2.45) is 0 Å². The lowest BCUT2D eigenvalue weighted by Gasteiger charge is -2.46. The summed E-state index contributed by atoms with van der Waals surface area (Å²) >= 11 is 0. The molecule has 0 atom stereocenters. The molecule has 4 rings (SSSR count). The van der Waals surface area contributed by atoms with Crippen LogP contribution in [0.15, 0.2) is 47.4 Å². The van der Waals surface area contributed by atoms with Crippen LogP contribution in [-0.4, -0.2) is 53.0 Å². The number of hydrogen-bond donors (Lipinski definition) is 2. The maximum Gasteiger partial charge on any atom is 0.416 e. The van der Waals surface area contributed by atoms with Crippen molar-refractivity contribution in [3.8, 4) is 0 Å². The summed E-state index contributed by atoms with van der Waals surface area (Å²) in [6, 6.07) is 7.83. The lowest BCUT2D eigenvalue weighted by atomic mass is 9.81. The molecule has 1 aromatic heterocycles. The van der Waals surface area contributed by atoms with Gasteiger partial charge in [0.05, 0.1) is 18.2 Å². The zero-order valence-electron chi connectivity index (χ0n) is 20.1. The van der Waals surface area contributed by atoms with Gasteiger partial charge in [-0.25, -0.2) is 11.1 Å². The number of hydrogen-bond acceptors (Lipinski definition) is 4. The summed E-state index contributed by atoms with van der Waals surface area (Å²) in [5.41, 5.74) is -0.157. The minimum atomic E-state index is -4.55. The van der Waals surface area contributed by atoms with Crippen molar-refractivity contribution in [3.05, 3.63) is 81.1 Å². The summed E-state index contributed by atoms with van der Waals surface area (Å²) in [5.74, 6) is -0.771. The van der Waals surface area contributed by atoms with Gasteiger partial charge in [-0.1, -0.05) is 12.1 Å². The number of nitrogens with one attached hydrogen (secondary N) is 2. The van der Waals surface area contributed by atoms with Gasteiger partial charge in [-0.3, -0.25) is 24.1 Å². The van der Waals surface area contributed by atoms with E-state index in [4.69, 9.17) is 6.57 Å². The van der Waals surface area contributed by atoms with Gasteiger partial charge in [0.2, 0.25) is 5.91 Å². The molecule has 2 aromatic rings. The van der Waals surface area contributed by atoms with Gasteiger partial charge >= 0.3 is 6.18 Å². The second-order valence-electron chi connectivity index (χ2n) is 9.56. The van der Waals surface area contributed by atoms with E-state index in [0.717, 1.165) is 49.4 Å². The molecule has 0 spiro atoms. The molecule has 0 bridgehead atoms. The molecule has 2 amide bonds. The molecular formula is C26H28F3N5O3. The van der Waals surface area contributed by atoms with Crippen molar-refractivity contribution in [2.75, 3.05) is 19.6 Å². The number of likely N-dealkylation sites (tertiary alicyclic amines) is 1. The Kier molecular flexibility index (Phi) is 7.97. The number of benzene rings is 1. The predicted molar refractivity (Wildman–Crippen MR) is 130 cm³/mol. The number of aromatic nitrogens is 1. The van der Waals surface area contributed by atoms with Crippen molar-refractivity contribution in [3.63, 3.8) is 0 Å². The first-order valence-corrected chi connectivity index (χ1v) is 12.2. The van der Waals surface area contributed by atoms with Crippen molar-refractivity contribution in [2.45, 2.75) is 56.5 Å². The van der Waals surface area contributed by atoms with E-state index < -0.39 is 17.6 Å². The lowest BCUT2D eigenvalue weighted by molar-refractivity contribution is -0.137. The second kappa shape index (κ2) is 11.2. The van der Waals surface area contributed by atoms with Crippen LogP contribution in [0.1, 0.15) is 53.1 Å². The van der Waals surface area contributed by atoms with Crippen LogP contribution in [0.5, 0.6) is 0 Å². The van der Waals surface area contributed by atoms with Crippen LogP contribution < -0.4 is 16.2 Å². The zero-order valence-corrected chi connectivity index (χ0v) is 20.1. The summed E-state index contributed by atoms with van der Waals surface area (Å²) in [7, 11) is 0. The highest BCUT2D eigenvalue weighted by molar-refractivity contribution is 5.96. The van der Waals surface area contributed by atoms with Crippen LogP contribution in [0.3, 0.4) is 0 Å². The first kappa shape index (κ1) is 26.4. The van der Waals surface area contributed by atoms with Crippen molar-refractivity contribution >= 4 is 11.8 Å². The average molecular weight is 516 g/mol. The van der Waals surface area contributed by atoms with E-state index in [-0.39, 0.29) is 36.3 Å². The average Bonchev–Trinajstić information content (AvgIpc) is 2.86. The first-order valence-electron chi connectivity index (χ1n) is 12.2. The van der Waals surface area contributed by atoms with Gasteiger partial charge < -0.3 is 10.6 Å². The molecule has 2 aliphatic rings. The van der Waals surface area contributed by atoms with Crippen molar-refractivity contribution in [1.82, 2.24) is 20.1 Å². The summed E-state index contributed by atoms with van der Waals surface area (Å²) in [4.78, 5) is 41.8. The molecule has 0 unspecified atom stereocenters. The molecule has 8 nitrogen and oxygen atoms in total. The van der Waals surface area contributed by atoms with Crippen molar-refractivity contribution in [1.29, 1.82) is 0 Å². The molecule has 196 valence electrons. The Bertz CT molecular complexity index is 1240.